The number of rotatable bonds is 7. The number of benzene rings is 2. The first-order valence-corrected chi connectivity index (χ1v) is 14.4. The van der Waals surface area contributed by atoms with Gasteiger partial charge in [-0.25, -0.2) is 21.2 Å². The van der Waals surface area contributed by atoms with Gasteiger partial charge in [0.25, 0.3) is 0 Å². The molecule has 12 heteroatoms. The van der Waals surface area contributed by atoms with Crippen LogP contribution in [-0.2, 0) is 32.8 Å². The molecule has 4 aromatic rings. The Labute approximate surface area is 202 Å². The highest BCUT2D eigenvalue weighted by Gasteiger charge is 2.26. The first kappa shape index (κ1) is 24.7. The van der Waals surface area contributed by atoms with Crippen molar-refractivity contribution < 1.29 is 31.4 Å². The number of pyridine rings is 1. The minimum absolute atomic E-state index is 0.0321. The second-order valence-electron chi connectivity index (χ2n) is 8.54. The molecule has 2 aromatic heterocycles. The summed E-state index contributed by atoms with van der Waals surface area (Å²) >= 11 is 0. The Hall–Kier alpha value is -3.38. The van der Waals surface area contributed by atoms with E-state index < -0.39 is 25.7 Å². The number of sulfonamides is 1. The molecule has 0 spiro atoms. The van der Waals surface area contributed by atoms with Crippen LogP contribution in [0.4, 0.5) is 10.1 Å². The quantitative estimate of drug-likeness (QED) is 0.382. The van der Waals surface area contributed by atoms with Gasteiger partial charge < -0.3 is 14.8 Å². The number of sulfone groups is 1. The minimum atomic E-state index is -3.77. The van der Waals surface area contributed by atoms with Gasteiger partial charge in [-0.1, -0.05) is 12.1 Å². The molecule has 2 heterocycles. The van der Waals surface area contributed by atoms with Gasteiger partial charge in [0.2, 0.25) is 15.9 Å². The largest absolute Gasteiger partial charge is 0.505 e. The molecule has 0 saturated carbocycles. The Balaban J connectivity index is 1.98. The third kappa shape index (κ3) is 4.89. The van der Waals surface area contributed by atoms with Crippen LogP contribution in [0.5, 0.6) is 11.6 Å². The van der Waals surface area contributed by atoms with Crippen LogP contribution in [-0.4, -0.2) is 61.9 Å². The number of hydrogen-bond acceptors (Lipinski definition) is 7. The lowest BCUT2D eigenvalue weighted by molar-refractivity contribution is 0.423. The third-order valence-electron chi connectivity index (χ3n) is 5.80. The fraction of sp³-hybridized carbons (Fsp3) is 0.261. The van der Waals surface area contributed by atoms with E-state index in [1.54, 1.807) is 18.2 Å². The summed E-state index contributed by atoms with van der Waals surface area (Å²) in [5.74, 6) is -1.39. The Morgan fingerprint density at radius 2 is 1.69 bits per heavy atom. The first-order chi connectivity index (χ1) is 16.3. The van der Waals surface area contributed by atoms with Gasteiger partial charge in [0.05, 0.1) is 23.1 Å². The number of halogens is 1. The monoisotopic (exact) mass is 521 g/mol. The van der Waals surface area contributed by atoms with Crippen molar-refractivity contribution in [3.05, 3.63) is 59.7 Å². The maximum Gasteiger partial charge on any atom is 0.232 e. The summed E-state index contributed by atoms with van der Waals surface area (Å²) in [7, 11) is -5.78. The predicted octanol–water partition coefficient (Wildman–Crippen LogP) is 2.77. The number of aromatic nitrogens is 2. The van der Waals surface area contributed by atoms with Gasteiger partial charge in [-0.3, -0.25) is 9.29 Å². The van der Waals surface area contributed by atoms with Gasteiger partial charge in [0.15, 0.2) is 5.75 Å². The van der Waals surface area contributed by atoms with Crippen LogP contribution in [0, 0.1) is 5.82 Å². The number of hydrogen-bond donors (Lipinski definition) is 2. The zero-order chi connectivity index (χ0) is 25.7. The van der Waals surface area contributed by atoms with Crippen LogP contribution < -0.4 is 4.31 Å². The molecular formula is C23H24FN3O6S2. The fourth-order valence-electron chi connectivity index (χ4n) is 3.97. The van der Waals surface area contributed by atoms with Crippen LogP contribution in [0.1, 0.15) is 11.1 Å². The van der Waals surface area contributed by atoms with E-state index in [1.165, 1.54) is 36.1 Å². The number of fused-ring (bicyclic) bond motifs is 2. The molecule has 2 N–H and O–H groups in total. The Morgan fingerprint density at radius 3 is 2.29 bits per heavy atom. The molecule has 35 heavy (non-hydrogen) atoms. The van der Waals surface area contributed by atoms with E-state index in [2.05, 4.69) is 4.98 Å². The maximum atomic E-state index is 13.3. The molecule has 9 nitrogen and oxygen atoms in total. The molecule has 4 rings (SSSR count). The van der Waals surface area contributed by atoms with E-state index in [-0.39, 0.29) is 45.8 Å². The van der Waals surface area contributed by atoms with Crippen LogP contribution in [0.25, 0.3) is 21.7 Å². The number of phenols is 1. The van der Waals surface area contributed by atoms with Crippen molar-refractivity contribution in [2.75, 3.05) is 29.6 Å². The van der Waals surface area contributed by atoms with Crippen molar-refractivity contribution in [3.8, 4) is 11.6 Å². The number of aryl methyl sites for hydroxylation is 1. The van der Waals surface area contributed by atoms with Crippen LogP contribution >= 0.6 is 0 Å². The molecule has 0 aliphatic rings. The molecular weight excluding hydrogens is 497 g/mol. The van der Waals surface area contributed by atoms with Gasteiger partial charge in [-0.2, -0.15) is 0 Å². The summed E-state index contributed by atoms with van der Waals surface area (Å²) in [6.45, 7) is -0.0968. The average molecular weight is 522 g/mol. The van der Waals surface area contributed by atoms with Gasteiger partial charge in [0, 0.05) is 43.0 Å². The molecule has 0 radical (unpaired) electrons. The van der Waals surface area contributed by atoms with E-state index in [9.17, 15) is 31.4 Å². The van der Waals surface area contributed by atoms with Crippen molar-refractivity contribution >= 4 is 47.2 Å². The summed E-state index contributed by atoms with van der Waals surface area (Å²) in [5.41, 5.74) is 1.74. The topological polar surface area (TPSA) is 130 Å². The minimum Gasteiger partial charge on any atom is -0.505 e. The smallest absolute Gasteiger partial charge is 0.232 e. The lowest BCUT2D eigenvalue weighted by atomic mass is 10.0. The summed E-state index contributed by atoms with van der Waals surface area (Å²) in [4.78, 5) is 4.34. The van der Waals surface area contributed by atoms with Crippen molar-refractivity contribution in [3.63, 3.8) is 0 Å². The molecule has 0 bridgehead atoms. The van der Waals surface area contributed by atoms with E-state index in [0.717, 1.165) is 22.4 Å². The van der Waals surface area contributed by atoms with E-state index in [4.69, 9.17) is 0 Å². The summed E-state index contributed by atoms with van der Waals surface area (Å²) < 4.78 is 63.9. The Kier molecular flexibility index (Phi) is 6.14. The SMILES string of the molecule is CN(c1c2cc(Cc3ccc(F)cc3)cnc2c(O)c2c(O)n(CCS(C)(=O)=O)cc12)S(C)(=O)=O. The molecule has 2 aromatic carbocycles. The van der Waals surface area contributed by atoms with Gasteiger partial charge in [-0.15, -0.1) is 0 Å². The molecule has 0 saturated heterocycles. The zero-order valence-corrected chi connectivity index (χ0v) is 20.9. The van der Waals surface area contributed by atoms with Crippen LogP contribution in [0.15, 0.2) is 42.7 Å². The van der Waals surface area contributed by atoms with Crippen molar-refractivity contribution in [2.24, 2.45) is 0 Å². The number of anilines is 1. The normalized spacial score (nSPS) is 12.5. The average Bonchev–Trinajstić information content (AvgIpc) is 3.09. The van der Waals surface area contributed by atoms with Crippen molar-refractivity contribution in [1.82, 2.24) is 9.55 Å². The molecule has 0 amide bonds. The highest BCUT2D eigenvalue weighted by atomic mass is 32.2. The lowest BCUT2D eigenvalue weighted by Gasteiger charge is -2.21. The van der Waals surface area contributed by atoms with Crippen LogP contribution in [0.2, 0.25) is 0 Å². The molecule has 0 aliphatic carbocycles. The van der Waals surface area contributed by atoms with Crippen LogP contribution in [0.3, 0.4) is 0 Å². The number of aromatic hydroxyl groups is 2. The zero-order valence-electron chi connectivity index (χ0n) is 19.2. The standard InChI is InChI=1S/C23H24FN3O6S2/c1-26(35(3,32)33)21-17-11-15(10-14-4-6-16(24)7-5-14)12-25-20(17)22(28)19-18(21)13-27(23(19)29)8-9-34(2,30)31/h4-7,11-13,28-29H,8-10H2,1-3H3. The summed E-state index contributed by atoms with van der Waals surface area (Å²) in [5, 5.41) is 22.3. The number of nitrogens with zero attached hydrogens (tertiary/aromatic N) is 3. The fourth-order valence-corrected chi connectivity index (χ4v) is 5.03. The van der Waals surface area contributed by atoms with E-state index in [0.29, 0.717) is 17.4 Å². The molecule has 0 aliphatic heterocycles. The molecule has 186 valence electrons. The molecule has 0 unspecified atom stereocenters. The Bertz CT molecular complexity index is 1660. The summed E-state index contributed by atoms with van der Waals surface area (Å²) in [6, 6.07) is 7.62. The maximum absolute atomic E-state index is 13.3. The molecule has 0 atom stereocenters. The highest BCUT2D eigenvalue weighted by Crippen LogP contribution is 2.46. The summed E-state index contributed by atoms with van der Waals surface area (Å²) in [6.07, 6.45) is 5.39. The Morgan fingerprint density at radius 1 is 1.03 bits per heavy atom. The second kappa shape index (κ2) is 8.68. The van der Waals surface area contributed by atoms with E-state index >= 15 is 0 Å². The van der Waals surface area contributed by atoms with Gasteiger partial charge in [-0.05, 0) is 35.7 Å². The van der Waals surface area contributed by atoms with Crippen molar-refractivity contribution in [2.45, 2.75) is 13.0 Å². The first-order valence-electron chi connectivity index (χ1n) is 10.5. The van der Waals surface area contributed by atoms with Gasteiger partial charge >= 0.3 is 0 Å². The number of phenolic OH excluding ortho intramolecular Hbond substituents is 1. The second-order valence-corrected chi connectivity index (χ2v) is 12.8. The van der Waals surface area contributed by atoms with Gasteiger partial charge in [0.1, 0.15) is 21.2 Å². The third-order valence-corrected chi connectivity index (χ3v) is 7.90. The highest BCUT2D eigenvalue weighted by molar-refractivity contribution is 7.92. The predicted molar refractivity (Wildman–Crippen MR) is 133 cm³/mol. The van der Waals surface area contributed by atoms with E-state index in [1.807, 2.05) is 0 Å². The molecule has 0 fully saturated rings. The lowest BCUT2D eigenvalue weighted by Crippen LogP contribution is -2.25. The van der Waals surface area contributed by atoms with Crippen molar-refractivity contribution in [1.29, 1.82) is 0 Å².